The molecule has 0 aliphatic rings. The minimum atomic E-state index is -4.61. The molecule has 9 heteroatoms. The van der Waals surface area contributed by atoms with Crippen LogP contribution >= 0.6 is 23.1 Å². The van der Waals surface area contributed by atoms with Crippen molar-refractivity contribution in [2.45, 2.75) is 23.9 Å². The van der Waals surface area contributed by atoms with Crippen molar-refractivity contribution >= 4 is 23.1 Å². The van der Waals surface area contributed by atoms with Gasteiger partial charge < -0.3 is 4.74 Å². The minimum Gasteiger partial charge on any atom is -0.496 e. The van der Waals surface area contributed by atoms with Crippen LogP contribution in [0.5, 0.6) is 5.75 Å². The number of methoxy groups -OCH3 is 1. The Balaban J connectivity index is 1.85. The predicted molar refractivity (Wildman–Crippen MR) is 102 cm³/mol. The molecule has 0 unspecified atom stereocenters. The van der Waals surface area contributed by atoms with E-state index in [1.807, 2.05) is 29.6 Å². The van der Waals surface area contributed by atoms with Gasteiger partial charge in [0.05, 0.1) is 29.5 Å². The minimum absolute atomic E-state index is 0.0571. The lowest BCUT2D eigenvalue weighted by Gasteiger charge is -2.12. The third-order valence-corrected chi connectivity index (χ3v) is 5.71. The number of thiazole rings is 1. The van der Waals surface area contributed by atoms with Crippen LogP contribution in [0.25, 0.3) is 10.6 Å². The summed E-state index contributed by atoms with van der Waals surface area (Å²) in [6.07, 6.45) is -4.61. The molecule has 0 spiro atoms. The Labute approximate surface area is 168 Å². The Morgan fingerprint density at radius 3 is 2.68 bits per heavy atom. The second-order valence-electron chi connectivity index (χ2n) is 5.73. The van der Waals surface area contributed by atoms with Crippen LogP contribution in [-0.4, -0.2) is 17.1 Å². The molecule has 1 aromatic carbocycles. The van der Waals surface area contributed by atoms with E-state index < -0.39 is 17.3 Å². The van der Waals surface area contributed by atoms with Gasteiger partial charge in [-0.05, 0) is 25.1 Å². The first-order valence-corrected chi connectivity index (χ1v) is 9.89. The first kappa shape index (κ1) is 20.2. The highest BCUT2D eigenvalue weighted by molar-refractivity contribution is 7.98. The lowest BCUT2D eigenvalue weighted by atomic mass is 10.1. The molecule has 0 N–H and O–H groups in total. The Morgan fingerprint density at radius 1 is 1.25 bits per heavy atom. The zero-order valence-corrected chi connectivity index (χ0v) is 16.5. The molecule has 0 atom stereocenters. The highest BCUT2D eigenvalue weighted by Gasteiger charge is 2.35. The molecule has 0 aliphatic heterocycles. The van der Waals surface area contributed by atoms with E-state index >= 15 is 0 Å². The number of thioether (sulfide) groups is 1. The van der Waals surface area contributed by atoms with Gasteiger partial charge in [0.25, 0.3) is 0 Å². The second kappa shape index (κ2) is 8.20. The molecule has 4 nitrogen and oxygen atoms in total. The third-order valence-electron chi connectivity index (χ3n) is 3.78. The van der Waals surface area contributed by atoms with Crippen LogP contribution in [-0.2, 0) is 11.9 Å². The molecule has 0 saturated carbocycles. The van der Waals surface area contributed by atoms with E-state index in [1.165, 1.54) is 18.3 Å². The van der Waals surface area contributed by atoms with Crippen LogP contribution in [0.3, 0.4) is 0 Å². The molecule has 0 aliphatic carbocycles. The first-order chi connectivity index (χ1) is 13.3. The topological polar surface area (TPSA) is 58.8 Å². The number of hydrogen-bond donors (Lipinski definition) is 0. The number of aromatic nitrogens is 2. The average molecular weight is 421 g/mol. The third kappa shape index (κ3) is 4.29. The van der Waals surface area contributed by atoms with Crippen molar-refractivity contribution in [3.8, 4) is 22.4 Å². The Morgan fingerprint density at radius 2 is 2.00 bits per heavy atom. The number of benzene rings is 1. The summed E-state index contributed by atoms with van der Waals surface area (Å²) in [4.78, 5) is 8.66. The number of alkyl halides is 3. The number of aryl methyl sites for hydroxylation is 1. The number of hydrogen-bond acceptors (Lipinski definition) is 6. The molecule has 0 radical (unpaired) electrons. The van der Waals surface area contributed by atoms with E-state index in [1.54, 1.807) is 13.2 Å². The van der Waals surface area contributed by atoms with E-state index in [-0.39, 0.29) is 10.7 Å². The molecule has 28 heavy (non-hydrogen) atoms. The number of ether oxygens (including phenoxy) is 1. The van der Waals surface area contributed by atoms with E-state index in [0.717, 1.165) is 28.4 Å². The maximum atomic E-state index is 13.2. The van der Waals surface area contributed by atoms with Gasteiger partial charge in [0.15, 0.2) is 0 Å². The summed E-state index contributed by atoms with van der Waals surface area (Å²) in [7, 11) is 1.58. The zero-order chi connectivity index (χ0) is 20.3. The lowest BCUT2D eigenvalue weighted by Crippen LogP contribution is -2.10. The summed E-state index contributed by atoms with van der Waals surface area (Å²) in [5.74, 6) is 0.992. The van der Waals surface area contributed by atoms with Crippen molar-refractivity contribution in [3.05, 3.63) is 58.2 Å². The van der Waals surface area contributed by atoms with Crippen molar-refractivity contribution < 1.29 is 17.9 Å². The summed E-state index contributed by atoms with van der Waals surface area (Å²) in [5, 5.41) is 11.9. The number of rotatable bonds is 5. The van der Waals surface area contributed by atoms with Gasteiger partial charge in [-0.15, -0.1) is 11.3 Å². The van der Waals surface area contributed by atoms with Gasteiger partial charge in [0.2, 0.25) is 0 Å². The van der Waals surface area contributed by atoms with Crippen molar-refractivity contribution in [1.29, 1.82) is 5.26 Å². The zero-order valence-electron chi connectivity index (χ0n) is 14.9. The molecule has 2 aromatic heterocycles. The number of para-hydroxylation sites is 1. The molecule has 3 rings (SSSR count). The largest absolute Gasteiger partial charge is 0.496 e. The van der Waals surface area contributed by atoms with Gasteiger partial charge in [0, 0.05) is 16.8 Å². The molecular weight excluding hydrogens is 407 g/mol. The quantitative estimate of drug-likeness (QED) is 0.494. The fourth-order valence-electron chi connectivity index (χ4n) is 2.54. The summed E-state index contributed by atoms with van der Waals surface area (Å²) in [5.41, 5.74) is 0.330. The number of pyridine rings is 1. The molecule has 144 valence electrons. The van der Waals surface area contributed by atoms with Gasteiger partial charge >= 0.3 is 6.18 Å². The molecule has 0 bridgehead atoms. The van der Waals surface area contributed by atoms with Crippen LogP contribution in [0.4, 0.5) is 13.2 Å². The molecule has 3 aromatic rings. The maximum Gasteiger partial charge on any atom is 0.417 e. The van der Waals surface area contributed by atoms with Crippen molar-refractivity contribution in [2.24, 2.45) is 0 Å². The van der Waals surface area contributed by atoms with Gasteiger partial charge in [-0.3, -0.25) is 0 Å². The fraction of sp³-hybridized carbons (Fsp3) is 0.211. The van der Waals surface area contributed by atoms with Crippen LogP contribution in [0.15, 0.2) is 40.7 Å². The van der Waals surface area contributed by atoms with Crippen molar-refractivity contribution in [2.75, 3.05) is 7.11 Å². The Bertz CT molecular complexity index is 1040. The highest BCUT2D eigenvalue weighted by Crippen LogP contribution is 2.37. The molecule has 2 heterocycles. The van der Waals surface area contributed by atoms with Crippen LogP contribution < -0.4 is 4.74 Å². The fourth-order valence-corrected chi connectivity index (χ4v) is 4.44. The number of halogens is 3. The van der Waals surface area contributed by atoms with Gasteiger partial charge in [0.1, 0.15) is 21.9 Å². The van der Waals surface area contributed by atoms with Gasteiger partial charge in [-0.25, -0.2) is 9.97 Å². The molecule has 0 fully saturated rings. The van der Waals surface area contributed by atoms with E-state index in [9.17, 15) is 18.4 Å². The van der Waals surface area contributed by atoms with E-state index in [0.29, 0.717) is 17.2 Å². The molecular formula is C19H14F3N3OS2. The standard InChI is InChI=1S/C19H14F3N3OS2/c1-11-7-15(19(20,21)22)14(8-23)18(24-11)28-10-12-9-27-17(25-12)13-5-3-4-6-16(13)26-2/h3-7,9H,10H2,1-2H3. The summed E-state index contributed by atoms with van der Waals surface area (Å²) in [6, 6.07) is 9.99. The normalized spacial score (nSPS) is 11.3. The Kier molecular flexibility index (Phi) is 5.91. The Hall–Kier alpha value is -2.57. The van der Waals surface area contributed by atoms with Crippen LogP contribution in [0.1, 0.15) is 22.5 Å². The molecule has 0 amide bonds. The van der Waals surface area contributed by atoms with E-state index in [2.05, 4.69) is 9.97 Å². The second-order valence-corrected chi connectivity index (χ2v) is 7.56. The lowest BCUT2D eigenvalue weighted by molar-refractivity contribution is -0.138. The highest BCUT2D eigenvalue weighted by atomic mass is 32.2. The van der Waals surface area contributed by atoms with Gasteiger partial charge in [-0.1, -0.05) is 23.9 Å². The van der Waals surface area contributed by atoms with Crippen LogP contribution in [0, 0.1) is 18.3 Å². The first-order valence-electron chi connectivity index (χ1n) is 8.03. The maximum absolute atomic E-state index is 13.2. The monoisotopic (exact) mass is 421 g/mol. The average Bonchev–Trinajstić information content (AvgIpc) is 3.14. The van der Waals surface area contributed by atoms with Crippen molar-refractivity contribution in [1.82, 2.24) is 9.97 Å². The number of nitriles is 1. The predicted octanol–water partition coefficient (Wildman–Crippen LogP) is 5.70. The molecule has 0 saturated heterocycles. The van der Waals surface area contributed by atoms with E-state index in [4.69, 9.17) is 4.74 Å². The SMILES string of the molecule is COc1ccccc1-c1nc(CSc2nc(C)cc(C(F)(F)F)c2C#N)cs1. The van der Waals surface area contributed by atoms with Gasteiger partial charge in [-0.2, -0.15) is 18.4 Å². The summed E-state index contributed by atoms with van der Waals surface area (Å²) < 4.78 is 45.0. The summed E-state index contributed by atoms with van der Waals surface area (Å²) >= 11 is 2.48. The number of nitrogens with zero attached hydrogens (tertiary/aromatic N) is 3. The van der Waals surface area contributed by atoms with Crippen molar-refractivity contribution in [3.63, 3.8) is 0 Å². The smallest absolute Gasteiger partial charge is 0.417 e. The van der Waals surface area contributed by atoms with Crippen LogP contribution in [0.2, 0.25) is 0 Å². The summed E-state index contributed by atoms with van der Waals surface area (Å²) in [6.45, 7) is 1.48.